The molecule has 0 spiro atoms. The fraction of sp³-hybridized carbons (Fsp3) is 0.200. The molecule has 1 N–H and O–H groups in total. The summed E-state index contributed by atoms with van der Waals surface area (Å²) in [6.45, 7) is 0. The van der Waals surface area contributed by atoms with E-state index in [0.717, 1.165) is 14.6 Å². The highest BCUT2D eigenvalue weighted by Gasteiger charge is 2.05. The first kappa shape index (κ1) is 11.7. The summed E-state index contributed by atoms with van der Waals surface area (Å²) in [4.78, 5) is 14.7. The molecule has 6 heteroatoms. The topological polar surface area (TPSA) is 50.2 Å². The Balaban J connectivity index is 2.10. The number of carbonyl (C=O) groups is 1. The second-order valence-electron chi connectivity index (χ2n) is 3.08. The van der Waals surface area contributed by atoms with E-state index in [4.69, 9.17) is 16.7 Å². The molecule has 84 valence electrons. The molecular formula is C10H8ClNO2S2. The third-order valence-corrected chi connectivity index (χ3v) is 4.27. The van der Waals surface area contributed by atoms with Crippen LogP contribution in [0.2, 0.25) is 5.02 Å². The SMILES string of the molecule is O=C(O)CCSc1nc2ccc(Cl)cc2s1. The van der Waals surface area contributed by atoms with E-state index in [1.54, 1.807) is 6.07 Å². The number of carboxylic acid groups (broad SMARTS) is 1. The van der Waals surface area contributed by atoms with Crippen LogP contribution in [0.5, 0.6) is 0 Å². The lowest BCUT2D eigenvalue weighted by Gasteiger charge is -1.91. The van der Waals surface area contributed by atoms with Crippen LogP contribution >= 0.6 is 34.7 Å². The zero-order valence-electron chi connectivity index (χ0n) is 8.14. The molecule has 16 heavy (non-hydrogen) atoms. The first-order valence-corrected chi connectivity index (χ1v) is 6.74. The maximum Gasteiger partial charge on any atom is 0.304 e. The minimum absolute atomic E-state index is 0.154. The molecule has 0 saturated carbocycles. The molecule has 3 nitrogen and oxygen atoms in total. The lowest BCUT2D eigenvalue weighted by atomic mass is 10.3. The summed E-state index contributed by atoms with van der Waals surface area (Å²) in [5.74, 6) is -0.236. The van der Waals surface area contributed by atoms with Gasteiger partial charge in [-0.05, 0) is 18.2 Å². The van der Waals surface area contributed by atoms with E-state index in [1.165, 1.54) is 23.1 Å². The highest BCUT2D eigenvalue weighted by molar-refractivity contribution is 8.01. The molecule has 0 radical (unpaired) electrons. The van der Waals surface area contributed by atoms with Crippen molar-refractivity contribution >= 4 is 50.9 Å². The molecule has 0 atom stereocenters. The van der Waals surface area contributed by atoms with Crippen molar-refractivity contribution in [2.75, 3.05) is 5.75 Å². The van der Waals surface area contributed by atoms with Crippen LogP contribution in [0.25, 0.3) is 10.2 Å². The molecule has 0 unspecified atom stereocenters. The van der Waals surface area contributed by atoms with E-state index in [9.17, 15) is 4.79 Å². The summed E-state index contributed by atoms with van der Waals surface area (Å²) in [6, 6.07) is 5.54. The van der Waals surface area contributed by atoms with Gasteiger partial charge < -0.3 is 5.11 Å². The predicted molar refractivity (Wildman–Crippen MR) is 67.6 cm³/mol. The Kier molecular flexibility index (Phi) is 3.68. The zero-order valence-corrected chi connectivity index (χ0v) is 10.5. The van der Waals surface area contributed by atoms with E-state index in [2.05, 4.69) is 4.98 Å². The highest BCUT2D eigenvalue weighted by atomic mass is 35.5. The zero-order chi connectivity index (χ0) is 11.5. The summed E-state index contributed by atoms with van der Waals surface area (Å²) in [7, 11) is 0. The first-order valence-electron chi connectivity index (χ1n) is 4.56. The van der Waals surface area contributed by atoms with E-state index < -0.39 is 5.97 Å². The van der Waals surface area contributed by atoms with Gasteiger partial charge in [0.1, 0.15) is 0 Å². The number of aromatic nitrogens is 1. The van der Waals surface area contributed by atoms with Gasteiger partial charge in [-0.25, -0.2) is 4.98 Å². The second kappa shape index (κ2) is 5.03. The molecule has 1 aromatic heterocycles. The van der Waals surface area contributed by atoms with Gasteiger partial charge in [0.05, 0.1) is 16.6 Å². The van der Waals surface area contributed by atoms with Gasteiger partial charge in [-0.3, -0.25) is 4.79 Å². The number of hydrogen-bond acceptors (Lipinski definition) is 4. The molecule has 2 aromatic rings. The van der Waals surface area contributed by atoms with Crippen molar-refractivity contribution in [1.29, 1.82) is 0 Å². The minimum Gasteiger partial charge on any atom is -0.481 e. The third-order valence-electron chi connectivity index (χ3n) is 1.87. The molecule has 0 aliphatic heterocycles. The van der Waals surface area contributed by atoms with Gasteiger partial charge in [0.25, 0.3) is 0 Å². The third kappa shape index (κ3) is 2.87. The van der Waals surface area contributed by atoms with Crippen LogP contribution < -0.4 is 0 Å². The summed E-state index contributed by atoms with van der Waals surface area (Å²) < 4.78 is 1.92. The van der Waals surface area contributed by atoms with Crippen molar-refractivity contribution in [2.45, 2.75) is 10.8 Å². The van der Waals surface area contributed by atoms with Crippen molar-refractivity contribution in [3.8, 4) is 0 Å². The molecule has 1 heterocycles. The Hall–Kier alpha value is -0.780. The molecule has 1 aromatic carbocycles. The summed E-state index contributed by atoms with van der Waals surface area (Å²) >= 11 is 8.87. The summed E-state index contributed by atoms with van der Waals surface area (Å²) in [5.41, 5.74) is 0.909. The largest absolute Gasteiger partial charge is 0.481 e. The van der Waals surface area contributed by atoms with Crippen molar-refractivity contribution in [2.24, 2.45) is 0 Å². The number of thiazole rings is 1. The molecule has 0 fully saturated rings. The highest BCUT2D eigenvalue weighted by Crippen LogP contribution is 2.31. The molecular weight excluding hydrogens is 266 g/mol. The van der Waals surface area contributed by atoms with Crippen LogP contribution in [0, 0.1) is 0 Å². The fourth-order valence-corrected chi connectivity index (χ4v) is 3.51. The Morgan fingerprint density at radius 1 is 1.56 bits per heavy atom. The number of rotatable bonds is 4. The van der Waals surface area contributed by atoms with Gasteiger partial charge in [-0.1, -0.05) is 23.4 Å². The van der Waals surface area contributed by atoms with Crippen molar-refractivity contribution in [3.05, 3.63) is 23.2 Å². The predicted octanol–water partition coefficient (Wildman–Crippen LogP) is 3.52. The Labute approximate surface area is 105 Å². The van der Waals surface area contributed by atoms with Crippen molar-refractivity contribution in [1.82, 2.24) is 4.98 Å². The Bertz CT molecular complexity index is 527. The summed E-state index contributed by atoms with van der Waals surface area (Å²) in [5, 5.41) is 9.21. The summed E-state index contributed by atoms with van der Waals surface area (Å²) in [6.07, 6.45) is 0.154. The number of carboxylic acids is 1. The van der Waals surface area contributed by atoms with Gasteiger partial charge in [0, 0.05) is 10.8 Å². The van der Waals surface area contributed by atoms with Crippen LogP contribution in [0.3, 0.4) is 0 Å². The molecule has 2 rings (SSSR count). The van der Waals surface area contributed by atoms with Gasteiger partial charge in [0.15, 0.2) is 4.34 Å². The van der Waals surface area contributed by atoms with Crippen LogP contribution in [-0.2, 0) is 4.79 Å². The average Bonchev–Trinajstić information content (AvgIpc) is 2.58. The molecule has 0 aliphatic carbocycles. The monoisotopic (exact) mass is 273 g/mol. The average molecular weight is 274 g/mol. The van der Waals surface area contributed by atoms with E-state index in [0.29, 0.717) is 10.8 Å². The molecule has 0 saturated heterocycles. The van der Waals surface area contributed by atoms with Gasteiger partial charge in [-0.2, -0.15) is 0 Å². The van der Waals surface area contributed by atoms with Gasteiger partial charge in [0.2, 0.25) is 0 Å². The van der Waals surface area contributed by atoms with Gasteiger partial charge in [-0.15, -0.1) is 11.3 Å². The minimum atomic E-state index is -0.781. The number of fused-ring (bicyclic) bond motifs is 1. The number of benzene rings is 1. The van der Waals surface area contributed by atoms with E-state index in [1.807, 2.05) is 12.1 Å². The Morgan fingerprint density at radius 3 is 3.12 bits per heavy atom. The maximum atomic E-state index is 10.4. The van der Waals surface area contributed by atoms with Crippen LogP contribution in [0.4, 0.5) is 0 Å². The molecule has 0 aliphatic rings. The second-order valence-corrected chi connectivity index (χ2v) is 5.89. The van der Waals surface area contributed by atoms with Crippen molar-refractivity contribution in [3.63, 3.8) is 0 Å². The van der Waals surface area contributed by atoms with Crippen LogP contribution in [0.15, 0.2) is 22.5 Å². The number of nitrogens with zero attached hydrogens (tertiary/aromatic N) is 1. The van der Waals surface area contributed by atoms with Gasteiger partial charge >= 0.3 is 5.97 Å². The van der Waals surface area contributed by atoms with E-state index >= 15 is 0 Å². The Morgan fingerprint density at radius 2 is 2.38 bits per heavy atom. The molecule has 0 bridgehead atoms. The fourth-order valence-electron chi connectivity index (χ4n) is 1.16. The standard InChI is InChI=1S/C10H8ClNO2S2/c11-6-1-2-7-8(5-6)16-10(12-7)15-4-3-9(13)14/h1-2,5H,3-4H2,(H,13,14). The van der Waals surface area contributed by atoms with Crippen LogP contribution in [0.1, 0.15) is 6.42 Å². The number of halogens is 1. The number of aliphatic carboxylic acids is 1. The smallest absolute Gasteiger partial charge is 0.304 e. The maximum absolute atomic E-state index is 10.4. The lowest BCUT2D eigenvalue weighted by molar-refractivity contribution is -0.136. The molecule has 0 amide bonds. The number of hydrogen-bond donors (Lipinski definition) is 1. The van der Waals surface area contributed by atoms with E-state index in [-0.39, 0.29) is 6.42 Å². The lowest BCUT2D eigenvalue weighted by Crippen LogP contribution is -1.95. The number of thioether (sulfide) groups is 1. The van der Waals surface area contributed by atoms with Crippen LogP contribution in [-0.4, -0.2) is 21.8 Å². The first-order chi connectivity index (χ1) is 7.65. The normalized spacial score (nSPS) is 10.8. The van der Waals surface area contributed by atoms with Crippen molar-refractivity contribution < 1.29 is 9.90 Å². The quantitative estimate of drug-likeness (QED) is 0.866.